The van der Waals surface area contributed by atoms with Gasteiger partial charge in [0.25, 0.3) is 0 Å². The van der Waals surface area contributed by atoms with Crippen LogP contribution in [-0.2, 0) is 0 Å². The van der Waals surface area contributed by atoms with E-state index in [1.807, 2.05) is 30.3 Å². The molecular formula is C16H17N5. The molecule has 5 heteroatoms. The normalized spacial score (nSPS) is 11.7. The molecule has 2 aromatic carbocycles. The van der Waals surface area contributed by atoms with Crippen LogP contribution < -0.4 is 17.2 Å². The highest BCUT2D eigenvalue weighted by molar-refractivity contribution is 5.97. The van der Waals surface area contributed by atoms with Crippen molar-refractivity contribution in [2.24, 2.45) is 10.7 Å². The molecule has 0 aliphatic carbocycles. The summed E-state index contributed by atoms with van der Waals surface area (Å²) in [4.78, 5) is 4.26. The number of nitrogen functional groups attached to an aromatic ring is 2. The first-order chi connectivity index (χ1) is 10.1. The first kappa shape index (κ1) is 14.3. The zero-order valence-corrected chi connectivity index (χ0v) is 11.5. The quantitative estimate of drug-likeness (QED) is 0.391. The van der Waals surface area contributed by atoms with Crippen molar-refractivity contribution in [1.29, 1.82) is 5.41 Å². The van der Waals surface area contributed by atoms with Crippen molar-refractivity contribution in [2.45, 2.75) is 0 Å². The van der Waals surface area contributed by atoms with Gasteiger partial charge in [-0.15, -0.1) is 0 Å². The fourth-order valence-corrected chi connectivity index (χ4v) is 1.79. The lowest BCUT2D eigenvalue weighted by Crippen LogP contribution is -2.06. The molecule has 21 heavy (non-hydrogen) atoms. The summed E-state index contributed by atoms with van der Waals surface area (Å²) in [6, 6.07) is 12.6. The lowest BCUT2D eigenvalue weighted by molar-refractivity contribution is 1.46. The van der Waals surface area contributed by atoms with Crippen LogP contribution in [0.15, 0.2) is 53.5 Å². The molecule has 0 amide bonds. The molecule has 0 aliphatic rings. The van der Waals surface area contributed by atoms with Gasteiger partial charge in [0.15, 0.2) is 0 Å². The zero-order valence-electron chi connectivity index (χ0n) is 11.5. The molecule has 5 nitrogen and oxygen atoms in total. The number of nitrogens with one attached hydrogen (secondary N) is 1. The maximum absolute atomic E-state index is 7.27. The first-order valence-corrected chi connectivity index (χ1v) is 6.36. The van der Waals surface area contributed by atoms with Crippen LogP contribution in [0.4, 0.5) is 17.1 Å². The minimum Gasteiger partial charge on any atom is -0.399 e. The van der Waals surface area contributed by atoms with Crippen LogP contribution in [0.5, 0.6) is 0 Å². The van der Waals surface area contributed by atoms with Gasteiger partial charge in [-0.3, -0.25) is 0 Å². The van der Waals surface area contributed by atoms with Gasteiger partial charge in [-0.1, -0.05) is 18.2 Å². The van der Waals surface area contributed by atoms with Crippen molar-refractivity contribution in [3.8, 4) is 0 Å². The number of rotatable bonds is 4. The molecule has 0 spiro atoms. The fourth-order valence-electron chi connectivity index (χ4n) is 1.79. The van der Waals surface area contributed by atoms with Crippen molar-refractivity contribution in [1.82, 2.24) is 0 Å². The van der Waals surface area contributed by atoms with E-state index in [-0.39, 0.29) is 0 Å². The van der Waals surface area contributed by atoms with E-state index < -0.39 is 0 Å². The average Bonchev–Trinajstić information content (AvgIpc) is 2.47. The minimum absolute atomic E-state index is 0.359. The average molecular weight is 279 g/mol. The second kappa shape index (κ2) is 6.38. The van der Waals surface area contributed by atoms with Crippen molar-refractivity contribution in [2.75, 3.05) is 11.5 Å². The summed E-state index contributed by atoms with van der Waals surface area (Å²) >= 11 is 0. The number of amidine groups is 1. The van der Waals surface area contributed by atoms with E-state index in [1.165, 1.54) is 6.21 Å². The van der Waals surface area contributed by atoms with E-state index in [0.29, 0.717) is 28.5 Å². The standard InChI is InChI=1S/C16H17N5/c17-10-12-9-14(5-6-15(12)19)21-16(20)7-4-11-2-1-3-13(18)8-11/h1-10,17H,18-19H2,(H2,20,21)/b7-4+,17-10?. The van der Waals surface area contributed by atoms with Crippen LogP contribution in [0.1, 0.15) is 11.1 Å². The van der Waals surface area contributed by atoms with E-state index >= 15 is 0 Å². The highest BCUT2D eigenvalue weighted by Gasteiger charge is 1.98. The Kier molecular flexibility index (Phi) is 4.36. The predicted octanol–water partition coefficient (Wildman–Crippen LogP) is 2.55. The summed E-state index contributed by atoms with van der Waals surface area (Å²) in [6.07, 6.45) is 4.73. The second-order valence-electron chi connectivity index (χ2n) is 4.50. The molecule has 2 rings (SSSR count). The number of hydrogen-bond donors (Lipinski definition) is 4. The zero-order chi connectivity index (χ0) is 15.2. The monoisotopic (exact) mass is 279 g/mol. The molecule has 2 aromatic rings. The summed E-state index contributed by atoms with van der Waals surface area (Å²) in [5.41, 5.74) is 20.7. The van der Waals surface area contributed by atoms with Gasteiger partial charge in [0, 0.05) is 23.2 Å². The largest absolute Gasteiger partial charge is 0.399 e. The van der Waals surface area contributed by atoms with E-state index in [4.69, 9.17) is 22.6 Å². The Morgan fingerprint density at radius 3 is 2.62 bits per heavy atom. The molecule has 0 aromatic heterocycles. The Bertz CT molecular complexity index is 716. The number of nitrogens with two attached hydrogens (primary N) is 3. The molecule has 106 valence electrons. The molecule has 7 N–H and O–H groups in total. The summed E-state index contributed by atoms with van der Waals surface area (Å²) in [6.45, 7) is 0. The van der Waals surface area contributed by atoms with Gasteiger partial charge in [0.05, 0.1) is 5.69 Å². The van der Waals surface area contributed by atoms with E-state index in [2.05, 4.69) is 4.99 Å². The fraction of sp³-hybridized carbons (Fsp3) is 0. The third-order valence-electron chi connectivity index (χ3n) is 2.84. The molecule has 0 unspecified atom stereocenters. The minimum atomic E-state index is 0.359. The predicted molar refractivity (Wildman–Crippen MR) is 89.9 cm³/mol. The van der Waals surface area contributed by atoms with E-state index in [0.717, 1.165) is 5.56 Å². The second-order valence-corrected chi connectivity index (χ2v) is 4.50. The highest BCUT2D eigenvalue weighted by atomic mass is 14.8. The van der Waals surface area contributed by atoms with Gasteiger partial charge in [0.2, 0.25) is 0 Å². The summed E-state index contributed by atoms with van der Waals surface area (Å²) < 4.78 is 0. The van der Waals surface area contributed by atoms with Gasteiger partial charge in [-0.25, -0.2) is 4.99 Å². The lowest BCUT2D eigenvalue weighted by atomic mass is 10.1. The maximum Gasteiger partial charge on any atom is 0.124 e. The summed E-state index contributed by atoms with van der Waals surface area (Å²) in [5, 5.41) is 7.27. The van der Waals surface area contributed by atoms with Crippen LogP contribution in [-0.4, -0.2) is 12.1 Å². The Morgan fingerprint density at radius 2 is 1.90 bits per heavy atom. The van der Waals surface area contributed by atoms with Gasteiger partial charge >= 0.3 is 0 Å². The molecule has 0 aliphatic heterocycles. The molecule has 0 radical (unpaired) electrons. The number of nitrogens with zero attached hydrogens (tertiary/aromatic N) is 1. The number of benzene rings is 2. The molecule has 0 bridgehead atoms. The Morgan fingerprint density at radius 1 is 1.10 bits per heavy atom. The Hall–Kier alpha value is -3.08. The third-order valence-corrected chi connectivity index (χ3v) is 2.84. The van der Waals surface area contributed by atoms with Crippen molar-refractivity contribution < 1.29 is 0 Å². The number of anilines is 2. The molecule has 0 heterocycles. The summed E-state index contributed by atoms with van der Waals surface area (Å²) in [7, 11) is 0. The Balaban J connectivity index is 2.19. The van der Waals surface area contributed by atoms with E-state index in [9.17, 15) is 0 Å². The maximum atomic E-state index is 7.27. The van der Waals surface area contributed by atoms with Crippen LogP contribution in [0.25, 0.3) is 6.08 Å². The third kappa shape index (κ3) is 3.94. The Labute approximate surface area is 123 Å². The lowest BCUT2D eigenvalue weighted by Gasteiger charge is -2.01. The van der Waals surface area contributed by atoms with Crippen LogP contribution in [0, 0.1) is 5.41 Å². The highest BCUT2D eigenvalue weighted by Crippen LogP contribution is 2.18. The number of hydrogen-bond acceptors (Lipinski definition) is 4. The topological polar surface area (TPSA) is 114 Å². The van der Waals surface area contributed by atoms with Crippen molar-refractivity contribution >= 4 is 35.2 Å². The first-order valence-electron chi connectivity index (χ1n) is 6.36. The molecule has 0 saturated heterocycles. The van der Waals surface area contributed by atoms with Gasteiger partial charge in [-0.05, 0) is 42.0 Å². The molecule has 0 fully saturated rings. The molecular weight excluding hydrogens is 262 g/mol. The van der Waals surface area contributed by atoms with Crippen LogP contribution in [0.2, 0.25) is 0 Å². The molecule has 0 atom stereocenters. The van der Waals surface area contributed by atoms with Gasteiger partial charge in [-0.2, -0.15) is 0 Å². The number of aliphatic imine (C=N–C) groups is 1. The van der Waals surface area contributed by atoms with Crippen LogP contribution >= 0.6 is 0 Å². The summed E-state index contributed by atoms with van der Waals surface area (Å²) in [5.74, 6) is 0.359. The van der Waals surface area contributed by atoms with E-state index in [1.54, 1.807) is 24.3 Å². The molecule has 0 saturated carbocycles. The van der Waals surface area contributed by atoms with Crippen LogP contribution in [0.3, 0.4) is 0 Å². The van der Waals surface area contributed by atoms with Crippen molar-refractivity contribution in [3.05, 3.63) is 59.7 Å². The SMILES string of the molecule is N=Cc1cc(N=C(N)/C=C/c2cccc(N)c2)ccc1N. The smallest absolute Gasteiger partial charge is 0.124 e. The van der Waals surface area contributed by atoms with Gasteiger partial charge in [0.1, 0.15) is 5.84 Å². The van der Waals surface area contributed by atoms with Gasteiger partial charge < -0.3 is 22.6 Å². The van der Waals surface area contributed by atoms with Crippen molar-refractivity contribution in [3.63, 3.8) is 0 Å².